The number of amides is 1. The van der Waals surface area contributed by atoms with E-state index in [9.17, 15) is 23.2 Å². The second-order valence-corrected chi connectivity index (χ2v) is 10.9. The van der Waals surface area contributed by atoms with Crippen molar-refractivity contribution in [2.75, 3.05) is 0 Å². The standard InChI is InChI=1S/C22H28F2N4O4S/c1-12-15(10-25-26-19(30)32-21(2,3)4)33-18-16(12)17(29)28(14-5-6-14)20(31)27(18)11-13-7-8-22(23,24)9-13/h10,13-14H,5-9,11H2,1-4H3,(H,26,30). The Morgan fingerprint density at radius 2 is 2.00 bits per heavy atom. The summed E-state index contributed by atoms with van der Waals surface area (Å²) in [5, 5.41) is 4.32. The molecule has 4 rings (SSSR count). The van der Waals surface area contributed by atoms with Gasteiger partial charge in [-0.05, 0) is 58.4 Å². The van der Waals surface area contributed by atoms with E-state index in [0.29, 0.717) is 27.1 Å². The van der Waals surface area contributed by atoms with E-state index in [-0.39, 0.29) is 36.9 Å². The fourth-order valence-electron chi connectivity index (χ4n) is 4.22. The van der Waals surface area contributed by atoms with Gasteiger partial charge in [-0.25, -0.2) is 23.8 Å². The number of nitrogens with one attached hydrogen (secondary N) is 1. The van der Waals surface area contributed by atoms with Gasteiger partial charge in [-0.15, -0.1) is 11.3 Å². The highest BCUT2D eigenvalue weighted by Gasteiger charge is 2.40. The number of thiophene rings is 1. The van der Waals surface area contributed by atoms with E-state index in [1.807, 2.05) is 0 Å². The zero-order valence-corrected chi connectivity index (χ0v) is 19.9. The van der Waals surface area contributed by atoms with Crippen LogP contribution >= 0.6 is 11.3 Å². The van der Waals surface area contributed by atoms with E-state index in [4.69, 9.17) is 4.74 Å². The van der Waals surface area contributed by atoms with Crippen LogP contribution in [0.15, 0.2) is 14.7 Å². The molecule has 1 amide bonds. The molecule has 0 saturated heterocycles. The summed E-state index contributed by atoms with van der Waals surface area (Å²) in [5.41, 5.74) is 1.44. The van der Waals surface area contributed by atoms with Gasteiger partial charge < -0.3 is 4.74 Å². The number of carbonyl (C=O) groups excluding carboxylic acids is 1. The molecule has 8 nitrogen and oxygen atoms in total. The fraction of sp³-hybridized carbons (Fsp3) is 0.636. The van der Waals surface area contributed by atoms with E-state index in [2.05, 4.69) is 10.5 Å². The highest BCUT2D eigenvalue weighted by atomic mass is 32.1. The Morgan fingerprint density at radius 1 is 1.30 bits per heavy atom. The summed E-state index contributed by atoms with van der Waals surface area (Å²) in [6, 6.07) is -0.143. The number of ether oxygens (including phenoxy) is 1. The number of hydrogen-bond donors (Lipinski definition) is 1. The minimum Gasteiger partial charge on any atom is -0.443 e. The Morgan fingerprint density at radius 3 is 2.58 bits per heavy atom. The Labute approximate surface area is 193 Å². The van der Waals surface area contributed by atoms with Crippen LogP contribution in [0.5, 0.6) is 0 Å². The Hall–Kier alpha value is -2.56. The molecule has 0 aliphatic heterocycles. The second kappa shape index (κ2) is 8.34. The van der Waals surface area contributed by atoms with Crippen molar-refractivity contribution in [3.8, 4) is 0 Å². The maximum absolute atomic E-state index is 13.8. The molecular weight excluding hydrogens is 454 g/mol. The summed E-state index contributed by atoms with van der Waals surface area (Å²) in [6.45, 7) is 7.10. The van der Waals surface area contributed by atoms with E-state index < -0.39 is 23.3 Å². The van der Waals surface area contributed by atoms with Gasteiger partial charge in [-0.2, -0.15) is 5.10 Å². The smallest absolute Gasteiger partial charge is 0.428 e. The van der Waals surface area contributed by atoms with Crippen molar-refractivity contribution in [2.45, 2.75) is 83.9 Å². The lowest BCUT2D eigenvalue weighted by molar-refractivity contribution is 0.00433. The van der Waals surface area contributed by atoms with Crippen molar-refractivity contribution in [1.82, 2.24) is 14.6 Å². The van der Waals surface area contributed by atoms with Gasteiger partial charge >= 0.3 is 11.8 Å². The highest BCUT2D eigenvalue weighted by Crippen LogP contribution is 2.40. The molecule has 1 unspecified atom stereocenters. The number of aryl methyl sites for hydroxylation is 1. The lowest BCUT2D eigenvalue weighted by atomic mass is 10.1. The summed E-state index contributed by atoms with van der Waals surface area (Å²) < 4.78 is 35.4. The van der Waals surface area contributed by atoms with E-state index in [0.717, 1.165) is 12.8 Å². The number of carbonyl (C=O) groups is 1. The normalized spacial score (nSPS) is 20.6. The van der Waals surface area contributed by atoms with Crippen LogP contribution in [0.3, 0.4) is 0 Å². The van der Waals surface area contributed by atoms with Crippen molar-refractivity contribution in [1.29, 1.82) is 0 Å². The van der Waals surface area contributed by atoms with Gasteiger partial charge in [0.2, 0.25) is 5.92 Å². The van der Waals surface area contributed by atoms with Crippen molar-refractivity contribution in [3.05, 3.63) is 31.3 Å². The third kappa shape index (κ3) is 5.02. The maximum atomic E-state index is 13.8. The van der Waals surface area contributed by atoms with Crippen molar-refractivity contribution in [2.24, 2.45) is 11.0 Å². The first-order valence-corrected chi connectivity index (χ1v) is 11.9. The predicted molar refractivity (Wildman–Crippen MR) is 123 cm³/mol. The SMILES string of the molecule is Cc1c(C=NNC(=O)OC(C)(C)C)sc2c1c(=O)n(C1CC1)c(=O)n2CC1CCC(F)(F)C1. The number of nitrogens with zero attached hydrogens (tertiary/aromatic N) is 3. The minimum absolute atomic E-state index is 0.143. The molecule has 2 saturated carbocycles. The van der Waals surface area contributed by atoms with Gasteiger partial charge in [-0.1, -0.05) is 0 Å². The first kappa shape index (κ1) is 23.6. The zero-order chi connectivity index (χ0) is 24.1. The number of fused-ring (bicyclic) bond motifs is 1. The molecule has 2 aliphatic rings. The molecule has 0 bridgehead atoms. The van der Waals surface area contributed by atoms with Crippen molar-refractivity contribution < 1.29 is 18.3 Å². The Bertz CT molecular complexity index is 1230. The van der Waals surface area contributed by atoms with Crippen LogP contribution in [0.4, 0.5) is 13.6 Å². The molecule has 2 fully saturated rings. The van der Waals surface area contributed by atoms with E-state index in [1.54, 1.807) is 27.7 Å². The number of halogens is 2. The third-order valence-electron chi connectivity index (χ3n) is 5.87. The van der Waals surface area contributed by atoms with Crippen molar-refractivity contribution >= 4 is 33.9 Å². The highest BCUT2D eigenvalue weighted by molar-refractivity contribution is 7.20. The molecule has 2 aromatic heterocycles. The van der Waals surface area contributed by atoms with Crippen LogP contribution in [0.1, 0.15) is 69.4 Å². The minimum atomic E-state index is -2.71. The summed E-state index contributed by atoms with van der Waals surface area (Å²) in [7, 11) is 0. The molecule has 2 heterocycles. The van der Waals surface area contributed by atoms with Gasteiger partial charge in [0.05, 0.1) is 16.5 Å². The van der Waals surface area contributed by atoms with Crippen LogP contribution in [0.25, 0.3) is 10.2 Å². The second-order valence-electron chi connectivity index (χ2n) is 9.91. The first-order chi connectivity index (χ1) is 15.4. The van der Waals surface area contributed by atoms with Crippen LogP contribution in [-0.2, 0) is 11.3 Å². The number of rotatable bonds is 5. The number of alkyl halides is 2. The molecule has 0 spiro atoms. The molecule has 33 heavy (non-hydrogen) atoms. The van der Waals surface area contributed by atoms with Crippen LogP contribution in [0, 0.1) is 12.8 Å². The summed E-state index contributed by atoms with van der Waals surface area (Å²) in [6.07, 6.45) is 2.08. The van der Waals surface area contributed by atoms with Gasteiger partial charge in [0.1, 0.15) is 10.4 Å². The number of hydrogen-bond acceptors (Lipinski definition) is 6. The summed E-state index contributed by atoms with van der Waals surface area (Å²) in [4.78, 5) is 39.3. The molecule has 0 aromatic carbocycles. The Balaban J connectivity index is 1.71. The first-order valence-electron chi connectivity index (χ1n) is 11.0. The van der Waals surface area contributed by atoms with Crippen LogP contribution < -0.4 is 16.7 Å². The predicted octanol–water partition coefficient (Wildman–Crippen LogP) is 4.16. The van der Waals surface area contributed by atoms with Crippen LogP contribution in [-0.4, -0.2) is 33.0 Å². The van der Waals surface area contributed by atoms with Gasteiger partial charge in [-0.3, -0.25) is 13.9 Å². The third-order valence-corrected chi connectivity index (χ3v) is 7.12. The molecular formula is C22H28F2N4O4S. The lowest BCUT2D eigenvalue weighted by Gasteiger charge is -2.18. The van der Waals surface area contributed by atoms with Gasteiger partial charge in [0.25, 0.3) is 5.56 Å². The molecule has 11 heteroatoms. The van der Waals surface area contributed by atoms with E-state index >= 15 is 0 Å². The average Bonchev–Trinajstić information content (AvgIpc) is 3.37. The van der Waals surface area contributed by atoms with Gasteiger partial charge in [0, 0.05) is 25.4 Å². The molecule has 1 atom stereocenters. The quantitative estimate of drug-likeness (QED) is 0.511. The zero-order valence-electron chi connectivity index (χ0n) is 19.1. The van der Waals surface area contributed by atoms with Gasteiger partial charge in [0.15, 0.2) is 0 Å². The Kier molecular flexibility index (Phi) is 5.96. The topological polar surface area (TPSA) is 94.7 Å². The molecule has 0 radical (unpaired) electrons. The van der Waals surface area contributed by atoms with Crippen LogP contribution in [0.2, 0.25) is 0 Å². The maximum Gasteiger partial charge on any atom is 0.428 e. The lowest BCUT2D eigenvalue weighted by Crippen LogP contribution is -2.40. The molecule has 2 aliphatic carbocycles. The summed E-state index contributed by atoms with van der Waals surface area (Å²) >= 11 is 1.19. The molecule has 180 valence electrons. The molecule has 2 aromatic rings. The largest absolute Gasteiger partial charge is 0.443 e. The van der Waals surface area contributed by atoms with Crippen molar-refractivity contribution in [3.63, 3.8) is 0 Å². The molecule has 1 N–H and O–H groups in total. The number of aromatic nitrogens is 2. The summed E-state index contributed by atoms with van der Waals surface area (Å²) in [5.74, 6) is -3.05. The fourth-order valence-corrected chi connectivity index (χ4v) is 5.39. The monoisotopic (exact) mass is 482 g/mol. The average molecular weight is 483 g/mol. The number of hydrazone groups is 1. The van der Waals surface area contributed by atoms with E-state index in [1.165, 1.54) is 26.7 Å².